The Morgan fingerprint density at radius 1 is 1.26 bits per heavy atom. The average Bonchev–Trinajstić information content (AvgIpc) is 2.85. The minimum Gasteiger partial charge on any atom is -0.497 e. The number of carbonyl (C=O) groups is 1. The molecule has 0 fully saturated rings. The maximum absolute atomic E-state index is 10.6. The van der Waals surface area contributed by atoms with Crippen molar-refractivity contribution in [1.29, 1.82) is 0 Å². The van der Waals surface area contributed by atoms with Gasteiger partial charge >= 0.3 is 5.97 Å². The van der Waals surface area contributed by atoms with Gasteiger partial charge in [0.05, 0.1) is 20.4 Å². The van der Waals surface area contributed by atoms with E-state index in [2.05, 4.69) is 10.3 Å². The van der Waals surface area contributed by atoms with E-state index in [4.69, 9.17) is 14.6 Å². The maximum Gasteiger partial charge on any atom is 0.325 e. The first-order valence-corrected chi connectivity index (χ1v) is 5.47. The Bertz CT molecular complexity index is 572. The summed E-state index contributed by atoms with van der Waals surface area (Å²) < 4.78 is 11.6. The predicted molar refractivity (Wildman–Crippen MR) is 66.2 cm³/mol. The zero-order chi connectivity index (χ0) is 13.8. The number of carboxylic acid groups (broad SMARTS) is 1. The Labute approximate surface area is 109 Å². The van der Waals surface area contributed by atoms with Gasteiger partial charge in [0.25, 0.3) is 0 Å². The summed E-state index contributed by atoms with van der Waals surface area (Å²) in [6, 6.07) is 5.29. The van der Waals surface area contributed by atoms with Crippen LogP contribution in [0.2, 0.25) is 0 Å². The van der Waals surface area contributed by atoms with Crippen molar-refractivity contribution in [3.05, 3.63) is 24.4 Å². The highest BCUT2D eigenvalue weighted by Gasteiger charge is 2.09. The van der Waals surface area contributed by atoms with Crippen molar-refractivity contribution in [2.24, 2.45) is 0 Å². The number of aromatic nitrogens is 3. The summed E-state index contributed by atoms with van der Waals surface area (Å²) in [6.07, 6.45) is 1.56. The molecule has 0 saturated carbocycles. The van der Waals surface area contributed by atoms with Crippen LogP contribution in [-0.4, -0.2) is 40.3 Å². The molecule has 0 aliphatic rings. The van der Waals surface area contributed by atoms with E-state index in [1.165, 1.54) is 4.68 Å². The van der Waals surface area contributed by atoms with Crippen molar-refractivity contribution in [2.75, 3.05) is 14.2 Å². The molecule has 0 aliphatic heterocycles. The standard InChI is InChI=1S/C12H13N3O4/c1-18-9-3-8(4-10(5-9)19-2)11-6-15(14-13-11)7-12(16)17/h3-6H,7H2,1-2H3,(H,16,17). The first-order chi connectivity index (χ1) is 9.12. The molecule has 0 saturated heterocycles. The topological polar surface area (TPSA) is 86.5 Å². The van der Waals surface area contributed by atoms with Gasteiger partial charge in [0.1, 0.15) is 23.7 Å². The molecule has 0 unspecified atom stereocenters. The molecule has 7 nitrogen and oxygen atoms in total. The molecule has 0 amide bonds. The summed E-state index contributed by atoms with van der Waals surface area (Å²) in [5, 5.41) is 16.4. The van der Waals surface area contributed by atoms with Crippen LogP contribution < -0.4 is 9.47 Å². The van der Waals surface area contributed by atoms with Gasteiger partial charge in [0.2, 0.25) is 0 Å². The first-order valence-electron chi connectivity index (χ1n) is 5.47. The van der Waals surface area contributed by atoms with E-state index in [1.807, 2.05) is 0 Å². The predicted octanol–water partition coefficient (Wildman–Crippen LogP) is 1.05. The summed E-state index contributed by atoms with van der Waals surface area (Å²) in [4.78, 5) is 10.6. The van der Waals surface area contributed by atoms with E-state index in [9.17, 15) is 4.79 Å². The molecule has 2 rings (SSSR count). The lowest BCUT2D eigenvalue weighted by Crippen LogP contribution is -2.08. The highest BCUT2D eigenvalue weighted by atomic mass is 16.5. The van der Waals surface area contributed by atoms with E-state index < -0.39 is 5.97 Å². The lowest BCUT2D eigenvalue weighted by Gasteiger charge is -2.06. The summed E-state index contributed by atoms with van der Waals surface area (Å²) >= 11 is 0. The van der Waals surface area contributed by atoms with Crippen molar-refractivity contribution in [3.8, 4) is 22.8 Å². The van der Waals surface area contributed by atoms with Gasteiger partial charge in [0.15, 0.2) is 0 Å². The van der Waals surface area contributed by atoms with E-state index in [1.54, 1.807) is 38.6 Å². The molecule has 7 heteroatoms. The third-order valence-corrected chi connectivity index (χ3v) is 2.48. The monoisotopic (exact) mass is 263 g/mol. The molecule has 100 valence electrons. The molecule has 0 aliphatic carbocycles. The molecular formula is C12H13N3O4. The molecule has 1 aromatic heterocycles. The molecule has 2 aromatic rings. The van der Waals surface area contributed by atoms with Gasteiger partial charge in [-0.15, -0.1) is 5.10 Å². The Kier molecular flexibility index (Phi) is 3.65. The van der Waals surface area contributed by atoms with E-state index in [0.29, 0.717) is 17.2 Å². The lowest BCUT2D eigenvalue weighted by molar-refractivity contribution is -0.137. The van der Waals surface area contributed by atoms with E-state index in [0.717, 1.165) is 5.56 Å². The van der Waals surface area contributed by atoms with Crippen LogP contribution in [-0.2, 0) is 11.3 Å². The van der Waals surface area contributed by atoms with Crippen LogP contribution in [0.15, 0.2) is 24.4 Å². The molecule has 1 N–H and O–H groups in total. The number of aliphatic carboxylic acids is 1. The molecule has 1 heterocycles. The van der Waals surface area contributed by atoms with Gasteiger partial charge in [-0.1, -0.05) is 5.21 Å². The second kappa shape index (κ2) is 5.38. The third kappa shape index (κ3) is 3.01. The van der Waals surface area contributed by atoms with Crippen molar-refractivity contribution in [2.45, 2.75) is 6.54 Å². The maximum atomic E-state index is 10.6. The van der Waals surface area contributed by atoms with Crippen molar-refractivity contribution < 1.29 is 19.4 Å². The fourth-order valence-corrected chi connectivity index (χ4v) is 1.60. The van der Waals surface area contributed by atoms with Crippen molar-refractivity contribution in [3.63, 3.8) is 0 Å². The van der Waals surface area contributed by atoms with Gasteiger partial charge in [0, 0.05) is 11.6 Å². The summed E-state index contributed by atoms with van der Waals surface area (Å²) in [5.74, 6) is 0.281. The van der Waals surface area contributed by atoms with Crippen LogP contribution >= 0.6 is 0 Å². The Morgan fingerprint density at radius 2 is 1.89 bits per heavy atom. The number of methoxy groups -OCH3 is 2. The lowest BCUT2D eigenvalue weighted by atomic mass is 10.1. The number of hydrogen-bond acceptors (Lipinski definition) is 5. The van der Waals surface area contributed by atoms with Crippen LogP contribution in [0, 0.1) is 0 Å². The van der Waals surface area contributed by atoms with Crippen molar-refractivity contribution in [1.82, 2.24) is 15.0 Å². The number of rotatable bonds is 5. The Hall–Kier alpha value is -2.57. The summed E-state index contributed by atoms with van der Waals surface area (Å²) in [5.41, 5.74) is 1.30. The van der Waals surface area contributed by atoms with Gasteiger partial charge < -0.3 is 14.6 Å². The van der Waals surface area contributed by atoms with Gasteiger partial charge in [-0.2, -0.15) is 0 Å². The van der Waals surface area contributed by atoms with E-state index in [-0.39, 0.29) is 6.54 Å². The largest absolute Gasteiger partial charge is 0.497 e. The quantitative estimate of drug-likeness (QED) is 0.867. The van der Waals surface area contributed by atoms with Crippen LogP contribution in [0.3, 0.4) is 0 Å². The molecule has 1 aromatic carbocycles. The van der Waals surface area contributed by atoms with Crippen LogP contribution in [0.5, 0.6) is 11.5 Å². The summed E-state index contributed by atoms with van der Waals surface area (Å²) in [7, 11) is 3.11. The van der Waals surface area contributed by atoms with Crippen LogP contribution in [0.4, 0.5) is 0 Å². The average molecular weight is 263 g/mol. The van der Waals surface area contributed by atoms with Gasteiger partial charge in [-0.05, 0) is 12.1 Å². The normalized spacial score (nSPS) is 10.2. The minimum absolute atomic E-state index is 0.228. The smallest absolute Gasteiger partial charge is 0.325 e. The number of benzene rings is 1. The third-order valence-electron chi connectivity index (χ3n) is 2.48. The number of ether oxygens (including phenoxy) is 2. The fourth-order valence-electron chi connectivity index (χ4n) is 1.60. The Balaban J connectivity index is 2.35. The van der Waals surface area contributed by atoms with Crippen LogP contribution in [0.1, 0.15) is 0 Å². The van der Waals surface area contributed by atoms with Gasteiger partial charge in [-0.3, -0.25) is 4.79 Å². The second-order valence-electron chi connectivity index (χ2n) is 3.80. The van der Waals surface area contributed by atoms with Crippen molar-refractivity contribution >= 4 is 5.97 Å². The molecule has 0 radical (unpaired) electrons. The fraction of sp³-hybridized carbons (Fsp3) is 0.250. The zero-order valence-electron chi connectivity index (χ0n) is 10.5. The highest BCUT2D eigenvalue weighted by molar-refractivity contribution is 5.67. The van der Waals surface area contributed by atoms with E-state index >= 15 is 0 Å². The number of carboxylic acids is 1. The minimum atomic E-state index is -0.973. The van der Waals surface area contributed by atoms with Crippen LogP contribution in [0.25, 0.3) is 11.3 Å². The second-order valence-corrected chi connectivity index (χ2v) is 3.80. The number of nitrogens with zero attached hydrogens (tertiary/aromatic N) is 3. The molecule has 0 atom stereocenters. The zero-order valence-corrected chi connectivity index (χ0v) is 10.5. The number of hydrogen-bond donors (Lipinski definition) is 1. The summed E-state index contributed by atoms with van der Waals surface area (Å²) in [6.45, 7) is -0.228. The molecular weight excluding hydrogens is 250 g/mol. The highest BCUT2D eigenvalue weighted by Crippen LogP contribution is 2.28. The SMILES string of the molecule is COc1cc(OC)cc(-c2cn(CC(=O)O)nn2)c1. The van der Waals surface area contributed by atoms with Gasteiger partial charge in [-0.25, -0.2) is 4.68 Å². The molecule has 19 heavy (non-hydrogen) atoms. The molecule has 0 spiro atoms. The molecule has 0 bridgehead atoms. The Morgan fingerprint density at radius 3 is 2.42 bits per heavy atom. The first kappa shape index (κ1) is 12.9.